The van der Waals surface area contributed by atoms with Crippen molar-refractivity contribution < 1.29 is 8.42 Å². The minimum atomic E-state index is -2.78. The van der Waals surface area contributed by atoms with E-state index in [-0.39, 0.29) is 6.04 Å². The van der Waals surface area contributed by atoms with Gasteiger partial charge in [-0.15, -0.1) is 0 Å². The highest BCUT2D eigenvalue weighted by Gasteiger charge is 2.27. The van der Waals surface area contributed by atoms with Crippen molar-refractivity contribution in [1.29, 1.82) is 0 Å². The average Bonchev–Trinajstić information content (AvgIpc) is 2.31. The van der Waals surface area contributed by atoms with Crippen LogP contribution < -0.4 is 5.32 Å². The monoisotopic (exact) mass is 290 g/mol. The molecule has 0 aromatic rings. The van der Waals surface area contributed by atoms with Gasteiger partial charge in [0.25, 0.3) is 0 Å². The van der Waals surface area contributed by atoms with Crippen LogP contribution in [-0.4, -0.2) is 56.5 Å². The van der Waals surface area contributed by atoms with E-state index >= 15 is 0 Å². The number of nitrogens with zero attached hydrogens (tertiary/aromatic N) is 1. The molecule has 1 heterocycles. The molecule has 0 saturated carbocycles. The molecule has 19 heavy (non-hydrogen) atoms. The molecule has 1 aliphatic heterocycles. The predicted octanol–water partition coefficient (Wildman–Crippen LogP) is 1.66. The van der Waals surface area contributed by atoms with E-state index in [1.54, 1.807) is 0 Å². The van der Waals surface area contributed by atoms with Gasteiger partial charge in [0.2, 0.25) is 0 Å². The van der Waals surface area contributed by atoms with Crippen molar-refractivity contribution in [3.63, 3.8) is 0 Å². The normalized spacial score (nSPS) is 25.3. The number of hydrogen-bond donors (Lipinski definition) is 1. The summed E-state index contributed by atoms with van der Waals surface area (Å²) in [6, 6.07) is 0.728. The summed E-state index contributed by atoms with van der Waals surface area (Å²) in [5, 5.41) is 3.54. The summed E-state index contributed by atoms with van der Waals surface area (Å²) < 4.78 is 23.0. The van der Waals surface area contributed by atoms with Crippen molar-refractivity contribution in [2.75, 3.05) is 31.1 Å². The van der Waals surface area contributed by atoms with Gasteiger partial charge in [-0.1, -0.05) is 26.2 Å². The van der Waals surface area contributed by atoms with E-state index in [4.69, 9.17) is 0 Å². The Kier molecular flexibility index (Phi) is 7.32. The summed E-state index contributed by atoms with van der Waals surface area (Å²) >= 11 is 0. The van der Waals surface area contributed by atoms with Gasteiger partial charge < -0.3 is 5.32 Å². The first kappa shape index (κ1) is 16.9. The lowest BCUT2D eigenvalue weighted by atomic mass is 10.1. The smallest absolute Gasteiger partial charge is 0.153 e. The molecule has 0 aromatic heterocycles. The summed E-state index contributed by atoms with van der Waals surface area (Å²) in [5.41, 5.74) is 0. The SMILES string of the molecule is CCCCCC(C)NCCN1CCS(=O)(=O)CC1C. The quantitative estimate of drug-likeness (QED) is 0.691. The number of sulfone groups is 1. The molecule has 1 aliphatic rings. The van der Waals surface area contributed by atoms with E-state index in [0.717, 1.165) is 13.1 Å². The van der Waals surface area contributed by atoms with Crippen LogP contribution in [-0.2, 0) is 9.84 Å². The van der Waals surface area contributed by atoms with Crippen molar-refractivity contribution in [3.8, 4) is 0 Å². The molecule has 1 rings (SSSR count). The van der Waals surface area contributed by atoms with Crippen LogP contribution in [0.4, 0.5) is 0 Å². The molecule has 2 atom stereocenters. The minimum absolute atomic E-state index is 0.163. The lowest BCUT2D eigenvalue weighted by Gasteiger charge is -2.33. The van der Waals surface area contributed by atoms with Crippen LogP contribution in [0.25, 0.3) is 0 Å². The lowest BCUT2D eigenvalue weighted by molar-refractivity contribution is 0.224. The van der Waals surface area contributed by atoms with E-state index in [1.165, 1.54) is 25.7 Å². The number of hydrogen-bond acceptors (Lipinski definition) is 4. The highest BCUT2D eigenvalue weighted by atomic mass is 32.2. The maximum atomic E-state index is 11.5. The van der Waals surface area contributed by atoms with Crippen LogP contribution in [0.1, 0.15) is 46.5 Å². The van der Waals surface area contributed by atoms with Crippen molar-refractivity contribution >= 4 is 9.84 Å². The molecule has 0 radical (unpaired) electrons. The van der Waals surface area contributed by atoms with Gasteiger partial charge in [-0.05, 0) is 20.3 Å². The molecule has 1 fully saturated rings. The molecule has 0 aromatic carbocycles. The van der Waals surface area contributed by atoms with E-state index in [1.807, 2.05) is 6.92 Å². The van der Waals surface area contributed by atoms with E-state index < -0.39 is 9.84 Å². The molecule has 1 saturated heterocycles. The standard InChI is InChI=1S/C14H30N2O2S/c1-4-5-6-7-13(2)15-8-9-16-10-11-19(17,18)12-14(16)3/h13-15H,4-12H2,1-3H3. The second-order valence-electron chi connectivity index (χ2n) is 5.85. The summed E-state index contributed by atoms with van der Waals surface area (Å²) in [7, 11) is -2.78. The van der Waals surface area contributed by atoms with Crippen LogP contribution in [0.2, 0.25) is 0 Å². The zero-order valence-electron chi connectivity index (χ0n) is 12.7. The molecule has 4 nitrogen and oxygen atoms in total. The number of rotatable bonds is 8. The molecular formula is C14H30N2O2S. The Balaban J connectivity index is 2.15. The van der Waals surface area contributed by atoms with E-state index in [2.05, 4.69) is 24.1 Å². The largest absolute Gasteiger partial charge is 0.313 e. The Hall–Kier alpha value is -0.130. The zero-order chi connectivity index (χ0) is 14.3. The Morgan fingerprint density at radius 2 is 2.11 bits per heavy atom. The first-order valence-corrected chi connectivity index (χ1v) is 9.44. The predicted molar refractivity (Wildman–Crippen MR) is 81.3 cm³/mol. The topological polar surface area (TPSA) is 49.4 Å². The van der Waals surface area contributed by atoms with E-state index in [0.29, 0.717) is 24.1 Å². The van der Waals surface area contributed by atoms with E-state index in [9.17, 15) is 8.42 Å². The van der Waals surface area contributed by atoms with Crippen LogP contribution in [0.5, 0.6) is 0 Å². The molecule has 0 bridgehead atoms. The first-order chi connectivity index (χ1) is 8.94. The molecule has 5 heteroatoms. The summed E-state index contributed by atoms with van der Waals surface area (Å²) in [6.07, 6.45) is 5.11. The molecule has 114 valence electrons. The van der Waals surface area contributed by atoms with Crippen molar-refractivity contribution in [1.82, 2.24) is 10.2 Å². The molecule has 0 amide bonds. The first-order valence-electron chi connectivity index (χ1n) is 7.62. The third-order valence-electron chi connectivity index (χ3n) is 3.94. The molecular weight excluding hydrogens is 260 g/mol. The Bertz CT molecular complexity index is 343. The zero-order valence-corrected chi connectivity index (χ0v) is 13.5. The summed E-state index contributed by atoms with van der Waals surface area (Å²) in [5.74, 6) is 0.641. The van der Waals surface area contributed by atoms with Crippen LogP contribution in [0, 0.1) is 0 Å². The molecule has 2 unspecified atom stereocenters. The molecule has 1 N–H and O–H groups in total. The Labute approximate surface area is 118 Å². The summed E-state index contributed by atoms with van der Waals surface area (Å²) in [4.78, 5) is 2.28. The average molecular weight is 290 g/mol. The minimum Gasteiger partial charge on any atom is -0.313 e. The third-order valence-corrected chi connectivity index (χ3v) is 5.74. The fourth-order valence-corrected chi connectivity index (χ4v) is 4.25. The highest BCUT2D eigenvalue weighted by molar-refractivity contribution is 7.91. The maximum absolute atomic E-state index is 11.5. The molecule has 0 aliphatic carbocycles. The van der Waals surface area contributed by atoms with Crippen molar-refractivity contribution in [2.45, 2.75) is 58.5 Å². The van der Waals surface area contributed by atoms with Gasteiger partial charge in [0, 0.05) is 31.7 Å². The van der Waals surface area contributed by atoms with Gasteiger partial charge in [-0.3, -0.25) is 4.90 Å². The number of unbranched alkanes of at least 4 members (excludes halogenated alkanes) is 2. The lowest BCUT2D eigenvalue weighted by Crippen LogP contribution is -2.49. The van der Waals surface area contributed by atoms with Gasteiger partial charge >= 0.3 is 0 Å². The van der Waals surface area contributed by atoms with Gasteiger partial charge in [0.15, 0.2) is 9.84 Å². The second kappa shape index (κ2) is 8.22. The van der Waals surface area contributed by atoms with Crippen LogP contribution >= 0.6 is 0 Å². The van der Waals surface area contributed by atoms with Crippen LogP contribution in [0.15, 0.2) is 0 Å². The molecule has 0 spiro atoms. The summed E-state index contributed by atoms with van der Waals surface area (Å²) in [6.45, 7) is 9.08. The number of nitrogens with one attached hydrogen (secondary N) is 1. The van der Waals surface area contributed by atoms with Crippen molar-refractivity contribution in [2.24, 2.45) is 0 Å². The maximum Gasteiger partial charge on any atom is 0.153 e. The highest BCUT2D eigenvalue weighted by Crippen LogP contribution is 2.10. The van der Waals surface area contributed by atoms with Gasteiger partial charge in [-0.25, -0.2) is 8.42 Å². The third kappa shape index (κ3) is 6.72. The Morgan fingerprint density at radius 1 is 1.37 bits per heavy atom. The Morgan fingerprint density at radius 3 is 2.74 bits per heavy atom. The van der Waals surface area contributed by atoms with Gasteiger partial charge in [0.05, 0.1) is 11.5 Å². The van der Waals surface area contributed by atoms with Crippen molar-refractivity contribution in [3.05, 3.63) is 0 Å². The van der Waals surface area contributed by atoms with Gasteiger partial charge in [-0.2, -0.15) is 0 Å². The van der Waals surface area contributed by atoms with Gasteiger partial charge in [0.1, 0.15) is 0 Å². The fourth-order valence-electron chi connectivity index (χ4n) is 2.62. The fraction of sp³-hybridized carbons (Fsp3) is 1.00. The second-order valence-corrected chi connectivity index (χ2v) is 8.08. The van der Waals surface area contributed by atoms with Crippen LogP contribution in [0.3, 0.4) is 0 Å².